The lowest BCUT2D eigenvalue weighted by Gasteiger charge is -2.11. The van der Waals surface area contributed by atoms with E-state index in [2.05, 4.69) is 74.9 Å². The van der Waals surface area contributed by atoms with E-state index >= 15 is 0 Å². The smallest absolute Gasteiger partial charge is 0.0714 e. The molecule has 5 aromatic heterocycles. The topological polar surface area (TPSA) is 9.86 Å². The monoisotopic (exact) mass is 464 g/mol. The minimum atomic E-state index is 0.616. The molecule has 5 heteroatoms. The van der Waals surface area contributed by atoms with Crippen molar-refractivity contribution >= 4 is 85.6 Å². The van der Waals surface area contributed by atoms with Gasteiger partial charge in [-0.05, 0) is 37.8 Å². The van der Waals surface area contributed by atoms with Gasteiger partial charge in [-0.2, -0.15) is 0 Å². The van der Waals surface area contributed by atoms with Crippen molar-refractivity contribution in [3.8, 4) is 0 Å². The second-order valence-corrected chi connectivity index (χ2v) is 13.3. The summed E-state index contributed by atoms with van der Waals surface area (Å²) in [7, 11) is 0. The lowest BCUT2D eigenvalue weighted by Crippen LogP contribution is -2.04. The fraction of sp³-hybridized carbons (Fsp3) is 0.385. The van der Waals surface area contributed by atoms with Crippen LogP contribution in [0.5, 0.6) is 0 Å². The Morgan fingerprint density at radius 1 is 0.645 bits per heavy atom. The number of nitrogens with zero attached hydrogens (tertiary/aromatic N) is 2. The predicted octanol–water partition coefficient (Wildman–Crippen LogP) is 9.17. The molecule has 0 bridgehead atoms. The van der Waals surface area contributed by atoms with Crippen LogP contribution in [0.1, 0.15) is 37.4 Å². The average molecular weight is 465 g/mol. The molecule has 160 valence electrons. The van der Waals surface area contributed by atoms with Crippen molar-refractivity contribution in [3.63, 3.8) is 0 Å². The molecule has 5 heterocycles. The lowest BCUT2D eigenvalue weighted by molar-refractivity contribution is 0.546. The van der Waals surface area contributed by atoms with Crippen LogP contribution in [0.25, 0.3) is 51.6 Å². The van der Waals surface area contributed by atoms with Crippen LogP contribution >= 0.6 is 34.0 Å². The summed E-state index contributed by atoms with van der Waals surface area (Å²) in [6.45, 7) is 15.9. The summed E-state index contributed by atoms with van der Waals surface area (Å²) in [5.74, 6) is 1.24. The van der Waals surface area contributed by atoms with Crippen molar-refractivity contribution in [2.75, 3.05) is 0 Å². The highest BCUT2D eigenvalue weighted by Crippen LogP contribution is 2.48. The lowest BCUT2D eigenvalue weighted by atomic mass is 10.1. The summed E-state index contributed by atoms with van der Waals surface area (Å²) >= 11 is 5.92. The third-order valence-electron chi connectivity index (χ3n) is 6.14. The molecule has 0 aliphatic rings. The second-order valence-electron chi connectivity index (χ2n) is 9.77. The van der Waals surface area contributed by atoms with Crippen LogP contribution in [-0.2, 0) is 13.1 Å². The van der Waals surface area contributed by atoms with Gasteiger partial charge in [0.05, 0.1) is 40.9 Å². The first kappa shape index (κ1) is 19.8. The molecule has 31 heavy (non-hydrogen) atoms. The first-order valence-electron chi connectivity index (χ1n) is 11.2. The molecular formula is C26H28N2S3. The Balaban J connectivity index is 1.79. The van der Waals surface area contributed by atoms with Gasteiger partial charge in [0, 0.05) is 33.6 Å². The molecule has 0 aliphatic heterocycles. The van der Waals surface area contributed by atoms with Crippen molar-refractivity contribution < 1.29 is 0 Å². The normalized spacial score (nSPS) is 13.0. The Morgan fingerprint density at radius 2 is 1.13 bits per heavy atom. The molecule has 0 amide bonds. The maximum Gasteiger partial charge on any atom is 0.0714 e. The highest BCUT2D eigenvalue weighted by molar-refractivity contribution is 7.31. The van der Waals surface area contributed by atoms with Gasteiger partial charge in [-0.25, -0.2) is 0 Å². The van der Waals surface area contributed by atoms with Crippen molar-refractivity contribution in [1.82, 2.24) is 9.13 Å². The molecule has 0 unspecified atom stereocenters. The fourth-order valence-corrected chi connectivity index (χ4v) is 8.67. The zero-order chi connectivity index (χ0) is 21.6. The molecule has 0 spiro atoms. The summed E-state index contributed by atoms with van der Waals surface area (Å²) < 4.78 is 11.1. The van der Waals surface area contributed by atoms with E-state index in [0.29, 0.717) is 11.8 Å². The van der Waals surface area contributed by atoms with Crippen LogP contribution in [0.3, 0.4) is 0 Å². The zero-order valence-corrected chi connectivity index (χ0v) is 21.4. The molecule has 0 radical (unpaired) electrons. The van der Waals surface area contributed by atoms with Gasteiger partial charge in [0.15, 0.2) is 0 Å². The van der Waals surface area contributed by atoms with E-state index in [-0.39, 0.29) is 0 Å². The highest BCUT2D eigenvalue weighted by Gasteiger charge is 2.23. The Labute approximate surface area is 194 Å². The number of fused-ring (bicyclic) bond motifs is 9. The standard InChI is InChI=1S/C26H28N2S3/c1-13(2)11-27-19-9-15(5)29-23(19)17-7-8-18-22-26(31-24(18)21(17)27)25-20(10-16(6)30-25)28(22)12-14(3)4/h7-10,13-14H,11-12H2,1-6H3. The highest BCUT2D eigenvalue weighted by atomic mass is 32.1. The van der Waals surface area contributed by atoms with E-state index < -0.39 is 0 Å². The first-order chi connectivity index (χ1) is 14.8. The van der Waals surface area contributed by atoms with Crippen molar-refractivity contribution in [3.05, 3.63) is 34.0 Å². The van der Waals surface area contributed by atoms with Crippen molar-refractivity contribution in [2.45, 2.75) is 54.6 Å². The van der Waals surface area contributed by atoms with Gasteiger partial charge < -0.3 is 9.13 Å². The zero-order valence-electron chi connectivity index (χ0n) is 19.0. The number of hydrogen-bond donors (Lipinski definition) is 0. The number of rotatable bonds is 4. The molecule has 6 rings (SSSR count). The van der Waals surface area contributed by atoms with Gasteiger partial charge in [0.2, 0.25) is 0 Å². The minimum absolute atomic E-state index is 0.616. The van der Waals surface area contributed by atoms with Crippen LogP contribution in [0.15, 0.2) is 24.3 Å². The summed E-state index contributed by atoms with van der Waals surface area (Å²) in [4.78, 5) is 2.81. The molecule has 0 aliphatic carbocycles. The molecule has 0 atom stereocenters. The summed E-state index contributed by atoms with van der Waals surface area (Å²) in [5.41, 5.74) is 5.74. The molecule has 0 N–H and O–H groups in total. The largest absolute Gasteiger partial charge is 0.338 e. The van der Waals surface area contributed by atoms with Gasteiger partial charge in [-0.3, -0.25) is 0 Å². The van der Waals surface area contributed by atoms with E-state index in [9.17, 15) is 0 Å². The average Bonchev–Trinajstić information content (AvgIpc) is 3.44. The Kier molecular flexibility index (Phi) is 4.37. The summed E-state index contributed by atoms with van der Waals surface area (Å²) in [6.07, 6.45) is 0. The molecule has 0 saturated carbocycles. The van der Waals surface area contributed by atoms with Crippen LogP contribution in [0.4, 0.5) is 0 Å². The van der Waals surface area contributed by atoms with Crippen molar-refractivity contribution in [2.24, 2.45) is 11.8 Å². The predicted molar refractivity (Wildman–Crippen MR) is 143 cm³/mol. The second kappa shape index (κ2) is 6.84. The van der Waals surface area contributed by atoms with E-state index in [4.69, 9.17) is 0 Å². The van der Waals surface area contributed by atoms with E-state index in [0.717, 1.165) is 13.1 Å². The third-order valence-corrected chi connectivity index (χ3v) is 9.62. The Bertz CT molecular complexity index is 1610. The Morgan fingerprint density at radius 3 is 1.71 bits per heavy atom. The van der Waals surface area contributed by atoms with Crippen LogP contribution in [-0.4, -0.2) is 9.13 Å². The van der Waals surface area contributed by atoms with Gasteiger partial charge in [-0.15, -0.1) is 34.0 Å². The quantitative estimate of drug-likeness (QED) is 0.246. The number of aryl methyl sites for hydroxylation is 2. The van der Waals surface area contributed by atoms with Crippen LogP contribution < -0.4 is 0 Å². The Hall–Kier alpha value is -1.82. The number of hydrogen-bond acceptors (Lipinski definition) is 3. The SMILES string of the molecule is Cc1cc2c(s1)c1ccc3c(sc4c5sc(C)cc5n(CC(C)C)c34)c1n2CC(C)C. The molecular weight excluding hydrogens is 437 g/mol. The maximum absolute atomic E-state index is 2.61. The van der Waals surface area contributed by atoms with Gasteiger partial charge in [0.25, 0.3) is 0 Å². The van der Waals surface area contributed by atoms with E-state index in [1.165, 1.54) is 61.4 Å². The van der Waals surface area contributed by atoms with Crippen LogP contribution in [0.2, 0.25) is 0 Å². The minimum Gasteiger partial charge on any atom is -0.338 e. The summed E-state index contributed by atoms with van der Waals surface area (Å²) in [5, 5.41) is 2.86. The number of benzene rings is 1. The molecule has 2 nitrogen and oxygen atoms in total. The maximum atomic E-state index is 2.61. The van der Waals surface area contributed by atoms with Crippen LogP contribution in [0, 0.1) is 25.7 Å². The molecule has 0 fully saturated rings. The van der Waals surface area contributed by atoms with E-state index in [1.807, 2.05) is 34.0 Å². The molecule has 1 aromatic carbocycles. The number of aromatic nitrogens is 2. The van der Waals surface area contributed by atoms with E-state index in [1.54, 1.807) is 0 Å². The van der Waals surface area contributed by atoms with Gasteiger partial charge in [-0.1, -0.05) is 39.8 Å². The third kappa shape index (κ3) is 2.79. The van der Waals surface area contributed by atoms with Gasteiger partial charge >= 0.3 is 0 Å². The first-order valence-corrected chi connectivity index (χ1v) is 13.6. The summed E-state index contributed by atoms with van der Waals surface area (Å²) in [6, 6.07) is 9.57. The van der Waals surface area contributed by atoms with Gasteiger partial charge in [0.1, 0.15) is 0 Å². The fourth-order valence-electron chi connectivity index (χ4n) is 5.12. The molecule has 6 aromatic rings. The molecule has 0 saturated heterocycles. The van der Waals surface area contributed by atoms with Crippen molar-refractivity contribution in [1.29, 1.82) is 0 Å². The number of thiophene rings is 3.